The maximum Gasteiger partial charge on any atom is 0.414 e. The van der Waals surface area contributed by atoms with Crippen LogP contribution in [0.1, 0.15) is 50.9 Å². The predicted molar refractivity (Wildman–Crippen MR) is 125 cm³/mol. The van der Waals surface area contributed by atoms with Gasteiger partial charge in [-0.15, -0.1) is 0 Å². The second-order valence-electron chi connectivity index (χ2n) is 9.24. The van der Waals surface area contributed by atoms with Crippen LogP contribution in [-0.4, -0.2) is 29.0 Å². The molecule has 0 saturated heterocycles. The lowest BCUT2D eigenvalue weighted by molar-refractivity contribution is 0.0578. The standard InChI is InChI=1S/C26H28N2O4/c1-17(29)19-7-13-23-20(15-19)8-14-24(27-23)31-22-11-9-21(10-12-22)28(16-18-5-6-18)25(30)32-26(2,3)4/h7-15,18H,5-6,16H2,1-4H3. The molecule has 0 aliphatic heterocycles. The molecule has 0 spiro atoms. The maximum absolute atomic E-state index is 12.7. The van der Waals surface area contributed by atoms with E-state index in [1.54, 1.807) is 24.0 Å². The summed E-state index contributed by atoms with van der Waals surface area (Å²) in [5, 5.41) is 0.883. The summed E-state index contributed by atoms with van der Waals surface area (Å²) < 4.78 is 11.5. The van der Waals surface area contributed by atoms with Crippen molar-refractivity contribution in [3.8, 4) is 11.6 Å². The second-order valence-corrected chi connectivity index (χ2v) is 9.24. The van der Waals surface area contributed by atoms with E-state index in [0.29, 0.717) is 29.7 Å². The Morgan fingerprint density at radius 3 is 2.38 bits per heavy atom. The Morgan fingerprint density at radius 2 is 1.75 bits per heavy atom. The highest BCUT2D eigenvalue weighted by atomic mass is 16.6. The molecule has 1 saturated carbocycles. The number of aromatic nitrogens is 1. The SMILES string of the molecule is CC(=O)c1ccc2nc(Oc3ccc(N(CC4CC4)C(=O)OC(C)(C)C)cc3)ccc2c1. The van der Waals surface area contributed by atoms with Crippen molar-refractivity contribution >= 4 is 28.5 Å². The minimum atomic E-state index is -0.547. The highest BCUT2D eigenvalue weighted by molar-refractivity contribution is 5.97. The fourth-order valence-electron chi connectivity index (χ4n) is 3.36. The average Bonchev–Trinajstić information content (AvgIpc) is 3.55. The van der Waals surface area contributed by atoms with Crippen molar-refractivity contribution in [2.45, 2.75) is 46.1 Å². The Balaban J connectivity index is 1.50. The van der Waals surface area contributed by atoms with E-state index in [9.17, 15) is 9.59 Å². The van der Waals surface area contributed by atoms with Crippen LogP contribution >= 0.6 is 0 Å². The monoisotopic (exact) mass is 432 g/mol. The highest BCUT2D eigenvalue weighted by Gasteiger charge is 2.30. The van der Waals surface area contributed by atoms with Crippen molar-refractivity contribution in [3.05, 3.63) is 60.2 Å². The average molecular weight is 433 g/mol. The van der Waals surface area contributed by atoms with E-state index in [2.05, 4.69) is 4.98 Å². The Labute approximate surface area is 188 Å². The third kappa shape index (κ3) is 5.44. The fraction of sp³-hybridized carbons (Fsp3) is 0.346. The molecule has 4 rings (SSSR count). The van der Waals surface area contributed by atoms with Gasteiger partial charge in [0.15, 0.2) is 5.78 Å². The molecule has 1 heterocycles. The van der Waals surface area contributed by atoms with Gasteiger partial charge in [-0.1, -0.05) is 0 Å². The van der Waals surface area contributed by atoms with Gasteiger partial charge in [0.1, 0.15) is 11.4 Å². The minimum absolute atomic E-state index is 0.0226. The van der Waals surface area contributed by atoms with Crippen LogP contribution in [0.5, 0.6) is 11.6 Å². The summed E-state index contributed by atoms with van der Waals surface area (Å²) in [4.78, 5) is 30.5. The molecule has 0 atom stereocenters. The van der Waals surface area contributed by atoms with Gasteiger partial charge in [0.25, 0.3) is 0 Å². The number of benzene rings is 2. The van der Waals surface area contributed by atoms with Crippen LogP contribution < -0.4 is 9.64 Å². The van der Waals surface area contributed by atoms with Crippen LogP contribution in [0, 0.1) is 5.92 Å². The molecule has 0 bridgehead atoms. The van der Waals surface area contributed by atoms with Gasteiger partial charge in [-0.2, -0.15) is 0 Å². The first-order chi connectivity index (χ1) is 15.2. The van der Waals surface area contributed by atoms with Gasteiger partial charge in [-0.05, 0) is 95.0 Å². The molecule has 1 aliphatic rings. The predicted octanol–water partition coefficient (Wildman–Crippen LogP) is 6.38. The van der Waals surface area contributed by atoms with Crippen molar-refractivity contribution < 1.29 is 19.1 Å². The lowest BCUT2D eigenvalue weighted by atomic mass is 10.1. The molecule has 166 valence electrons. The quantitative estimate of drug-likeness (QED) is 0.423. The summed E-state index contributed by atoms with van der Waals surface area (Å²) in [5.41, 5.74) is 1.64. The molecule has 32 heavy (non-hydrogen) atoms. The van der Waals surface area contributed by atoms with Crippen LogP contribution in [0.2, 0.25) is 0 Å². The molecule has 0 N–H and O–H groups in total. The highest BCUT2D eigenvalue weighted by Crippen LogP contribution is 2.33. The number of carbonyl (C=O) groups excluding carboxylic acids is 2. The zero-order chi connectivity index (χ0) is 22.9. The summed E-state index contributed by atoms with van der Waals surface area (Å²) in [7, 11) is 0. The zero-order valence-corrected chi connectivity index (χ0v) is 18.9. The van der Waals surface area contributed by atoms with Crippen LogP contribution in [0.3, 0.4) is 0 Å². The van der Waals surface area contributed by atoms with Crippen LogP contribution in [0.4, 0.5) is 10.5 Å². The largest absolute Gasteiger partial charge is 0.443 e. The van der Waals surface area contributed by atoms with Crippen LogP contribution in [-0.2, 0) is 4.74 Å². The van der Waals surface area contributed by atoms with Crippen LogP contribution in [0.25, 0.3) is 10.9 Å². The second kappa shape index (κ2) is 8.61. The molecule has 3 aromatic rings. The van der Waals surface area contributed by atoms with Crippen molar-refractivity contribution in [1.82, 2.24) is 4.98 Å². The Morgan fingerprint density at radius 1 is 1.03 bits per heavy atom. The summed E-state index contributed by atoms with van der Waals surface area (Å²) in [6.45, 7) is 7.81. The van der Waals surface area contributed by atoms with Gasteiger partial charge in [0.2, 0.25) is 5.88 Å². The smallest absolute Gasteiger partial charge is 0.414 e. The summed E-state index contributed by atoms with van der Waals surface area (Å²) in [6, 6.07) is 16.4. The van der Waals surface area contributed by atoms with E-state index in [1.807, 2.05) is 63.2 Å². The van der Waals surface area contributed by atoms with Crippen LogP contribution in [0.15, 0.2) is 54.6 Å². The molecular weight excluding hydrogens is 404 g/mol. The Hall–Kier alpha value is -3.41. The molecule has 0 unspecified atom stereocenters. The fourth-order valence-corrected chi connectivity index (χ4v) is 3.36. The van der Waals surface area contributed by atoms with E-state index in [-0.39, 0.29) is 11.9 Å². The van der Waals surface area contributed by atoms with Gasteiger partial charge in [0, 0.05) is 29.2 Å². The number of pyridine rings is 1. The molecule has 1 aromatic heterocycles. The number of ether oxygens (including phenoxy) is 2. The van der Waals surface area contributed by atoms with E-state index in [0.717, 1.165) is 29.4 Å². The minimum Gasteiger partial charge on any atom is -0.443 e. The number of nitrogens with zero attached hydrogens (tertiary/aromatic N) is 2. The third-order valence-corrected chi connectivity index (χ3v) is 5.19. The number of rotatable bonds is 6. The zero-order valence-electron chi connectivity index (χ0n) is 18.9. The van der Waals surface area contributed by atoms with Gasteiger partial charge in [0.05, 0.1) is 5.52 Å². The summed E-state index contributed by atoms with van der Waals surface area (Å²) in [6.07, 6.45) is 1.95. The number of hydrogen-bond acceptors (Lipinski definition) is 5. The molecule has 6 heteroatoms. The number of ketones is 1. The summed E-state index contributed by atoms with van der Waals surface area (Å²) >= 11 is 0. The number of carbonyl (C=O) groups is 2. The lowest BCUT2D eigenvalue weighted by Gasteiger charge is -2.27. The first-order valence-corrected chi connectivity index (χ1v) is 10.9. The molecule has 1 aliphatic carbocycles. The van der Waals surface area contributed by atoms with E-state index >= 15 is 0 Å². The molecule has 1 amide bonds. The van der Waals surface area contributed by atoms with Crippen molar-refractivity contribution in [2.75, 3.05) is 11.4 Å². The maximum atomic E-state index is 12.7. The molecular formula is C26H28N2O4. The Kier molecular flexibility index (Phi) is 5.87. The topological polar surface area (TPSA) is 68.7 Å². The number of anilines is 1. The van der Waals surface area contributed by atoms with E-state index in [1.165, 1.54) is 0 Å². The van der Waals surface area contributed by atoms with Crippen molar-refractivity contribution in [1.29, 1.82) is 0 Å². The first kappa shape index (κ1) is 21.8. The molecule has 6 nitrogen and oxygen atoms in total. The van der Waals surface area contributed by atoms with Gasteiger partial charge >= 0.3 is 6.09 Å². The molecule has 0 radical (unpaired) electrons. The third-order valence-electron chi connectivity index (χ3n) is 5.19. The number of fused-ring (bicyclic) bond motifs is 1. The van der Waals surface area contributed by atoms with Crippen molar-refractivity contribution in [3.63, 3.8) is 0 Å². The first-order valence-electron chi connectivity index (χ1n) is 10.9. The molecule has 2 aromatic carbocycles. The molecule has 1 fully saturated rings. The number of hydrogen-bond donors (Lipinski definition) is 0. The van der Waals surface area contributed by atoms with Crippen molar-refractivity contribution in [2.24, 2.45) is 5.92 Å². The van der Waals surface area contributed by atoms with Gasteiger partial charge < -0.3 is 9.47 Å². The summed E-state index contributed by atoms with van der Waals surface area (Å²) in [5.74, 6) is 1.64. The number of amides is 1. The normalized spacial score (nSPS) is 13.6. The lowest BCUT2D eigenvalue weighted by Crippen LogP contribution is -2.38. The van der Waals surface area contributed by atoms with Gasteiger partial charge in [-0.3, -0.25) is 9.69 Å². The van der Waals surface area contributed by atoms with Gasteiger partial charge in [-0.25, -0.2) is 9.78 Å². The van der Waals surface area contributed by atoms with E-state index < -0.39 is 5.60 Å². The number of Topliss-reactive ketones (excluding diaryl/α,β-unsaturated/α-hetero) is 1. The Bertz CT molecular complexity index is 1140. The van der Waals surface area contributed by atoms with E-state index in [4.69, 9.17) is 9.47 Å².